The van der Waals surface area contributed by atoms with Crippen LogP contribution in [0.1, 0.15) is 21.6 Å². The molecule has 2 aromatic carbocycles. The van der Waals surface area contributed by atoms with Gasteiger partial charge in [-0.05, 0) is 54.8 Å². The van der Waals surface area contributed by atoms with Gasteiger partial charge < -0.3 is 10.3 Å². The lowest BCUT2D eigenvalue weighted by Gasteiger charge is -2.06. The Morgan fingerprint density at radius 1 is 1.19 bits per heavy atom. The largest absolute Gasteiger partial charge is 0.350 e. The van der Waals surface area contributed by atoms with Gasteiger partial charge in [-0.25, -0.2) is 17.9 Å². The fraction of sp³-hybridized carbons (Fsp3) is 0.167. The Kier molecular flexibility index (Phi) is 4.80. The van der Waals surface area contributed by atoms with E-state index >= 15 is 0 Å². The van der Waals surface area contributed by atoms with Crippen LogP contribution in [0.25, 0.3) is 10.9 Å². The summed E-state index contributed by atoms with van der Waals surface area (Å²) in [5.74, 6) is -0.645. The molecule has 1 aromatic heterocycles. The van der Waals surface area contributed by atoms with Gasteiger partial charge in [-0.15, -0.1) is 0 Å². The molecule has 8 heteroatoms. The van der Waals surface area contributed by atoms with E-state index in [2.05, 4.69) is 10.3 Å². The average Bonchev–Trinajstić information content (AvgIpc) is 2.90. The number of sulfonamides is 1. The third-order valence-electron chi connectivity index (χ3n) is 4.20. The second-order valence-corrected chi connectivity index (χ2v) is 7.57. The molecular weight excluding hydrogens is 357 g/mol. The van der Waals surface area contributed by atoms with Crippen molar-refractivity contribution in [2.24, 2.45) is 5.14 Å². The van der Waals surface area contributed by atoms with E-state index in [1.807, 2.05) is 0 Å². The quantitative estimate of drug-likeness (QED) is 0.637. The number of hydrogen-bond donors (Lipinski definition) is 3. The first-order valence-corrected chi connectivity index (χ1v) is 9.48. The van der Waals surface area contributed by atoms with E-state index in [1.165, 1.54) is 24.3 Å². The molecule has 0 radical (unpaired) electrons. The Balaban J connectivity index is 1.65. The van der Waals surface area contributed by atoms with Crippen molar-refractivity contribution in [3.63, 3.8) is 0 Å². The number of amides is 1. The van der Waals surface area contributed by atoms with Crippen LogP contribution in [0, 0.1) is 12.7 Å². The molecule has 6 nitrogen and oxygen atoms in total. The van der Waals surface area contributed by atoms with Crippen LogP contribution < -0.4 is 10.5 Å². The predicted molar refractivity (Wildman–Crippen MR) is 96.8 cm³/mol. The summed E-state index contributed by atoms with van der Waals surface area (Å²) in [6.07, 6.45) is 0.532. The molecule has 0 bridgehead atoms. The second kappa shape index (κ2) is 6.89. The van der Waals surface area contributed by atoms with Crippen molar-refractivity contribution in [2.75, 3.05) is 6.54 Å². The summed E-state index contributed by atoms with van der Waals surface area (Å²) >= 11 is 0. The summed E-state index contributed by atoms with van der Waals surface area (Å²) in [7, 11) is -3.71. The van der Waals surface area contributed by atoms with Gasteiger partial charge in [-0.1, -0.05) is 12.1 Å². The molecule has 0 aliphatic heterocycles. The van der Waals surface area contributed by atoms with Gasteiger partial charge in [0.1, 0.15) is 11.5 Å². The summed E-state index contributed by atoms with van der Waals surface area (Å²) < 4.78 is 35.8. The normalized spacial score (nSPS) is 11.7. The molecule has 0 spiro atoms. The lowest BCUT2D eigenvalue weighted by Crippen LogP contribution is -2.26. The van der Waals surface area contributed by atoms with Gasteiger partial charge in [-0.3, -0.25) is 4.79 Å². The topological polar surface area (TPSA) is 105 Å². The number of aromatic nitrogens is 1. The van der Waals surface area contributed by atoms with E-state index < -0.39 is 10.0 Å². The van der Waals surface area contributed by atoms with Crippen molar-refractivity contribution < 1.29 is 17.6 Å². The number of nitrogens with two attached hydrogens (primary N) is 1. The highest BCUT2D eigenvalue weighted by Crippen LogP contribution is 2.22. The molecule has 0 aliphatic carbocycles. The van der Waals surface area contributed by atoms with Gasteiger partial charge in [0.15, 0.2) is 0 Å². The van der Waals surface area contributed by atoms with E-state index in [-0.39, 0.29) is 16.6 Å². The van der Waals surface area contributed by atoms with Crippen LogP contribution in [0.4, 0.5) is 4.39 Å². The first kappa shape index (κ1) is 18.1. The fourth-order valence-electron chi connectivity index (χ4n) is 2.79. The van der Waals surface area contributed by atoms with E-state index in [0.717, 1.165) is 16.5 Å². The fourth-order valence-corrected chi connectivity index (χ4v) is 3.31. The minimum absolute atomic E-state index is 0.0474. The SMILES string of the molecule is Cc1c(C(=O)NCCc2ccc(S(N)(=O)=O)cc2)[nH]c2cc(F)ccc12. The maximum absolute atomic E-state index is 13.3. The standard InChI is InChI=1S/C18H18FN3O3S/c1-11-15-7-4-13(19)10-16(15)22-17(11)18(23)21-9-8-12-2-5-14(6-3-12)26(20,24)25/h2-7,10,22H,8-9H2,1H3,(H,21,23)(H2,20,24,25). The number of fused-ring (bicyclic) bond motifs is 1. The van der Waals surface area contributed by atoms with Gasteiger partial charge in [0.25, 0.3) is 5.91 Å². The molecule has 3 rings (SSSR count). The molecule has 1 amide bonds. The van der Waals surface area contributed by atoms with Crippen molar-refractivity contribution in [3.05, 3.63) is 65.1 Å². The smallest absolute Gasteiger partial charge is 0.268 e. The zero-order valence-corrected chi connectivity index (χ0v) is 14.9. The molecule has 136 valence electrons. The molecule has 1 heterocycles. The first-order chi connectivity index (χ1) is 12.3. The number of hydrogen-bond acceptors (Lipinski definition) is 3. The van der Waals surface area contributed by atoms with Crippen LogP contribution in [0.15, 0.2) is 47.4 Å². The summed E-state index contributed by atoms with van der Waals surface area (Å²) in [5, 5.41) is 8.66. The maximum Gasteiger partial charge on any atom is 0.268 e. The number of carbonyl (C=O) groups is 1. The molecule has 3 aromatic rings. The van der Waals surface area contributed by atoms with E-state index in [9.17, 15) is 17.6 Å². The van der Waals surface area contributed by atoms with Gasteiger partial charge in [0.05, 0.1) is 4.90 Å². The van der Waals surface area contributed by atoms with Crippen LogP contribution in [0.3, 0.4) is 0 Å². The van der Waals surface area contributed by atoms with Gasteiger partial charge in [0, 0.05) is 17.4 Å². The first-order valence-electron chi connectivity index (χ1n) is 7.93. The highest BCUT2D eigenvalue weighted by molar-refractivity contribution is 7.89. The highest BCUT2D eigenvalue weighted by atomic mass is 32.2. The van der Waals surface area contributed by atoms with E-state index in [4.69, 9.17) is 5.14 Å². The van der Waals surface area contributed by atoms with E-state index in [0.29, 0.717) is 24.2 Å². The molecular formula is C18H18FN3O3S. The maximum atomic E-state index is 13.3. The molecule has 0 unspecified atom stereocenters. The number of primary sulfonamides is 1. The van der Waals surface area contributed by atoms with Crippen molar-refractivity contribution in [1.29, 1.82) is 0 Å². The van der Waals surface area contributed by atoms with Crippen molar-refractivity contribution in [1.82, 2.24) is 10.3 Å². The number of H-pyrrole nitrogens is 1. The Hall–Kier alpha value is -2.71. The second-order valence-electron chi connectivity index (χ2n) is 6.01. The molecule has 0 saturated carbocycles. The number of carbonyl (C=O) groups excluding carboxylic acids is 1. The minimum Gasteiger partial charge on any atom is -0.350 e. The molecule has 0 aliphatic rings. The van der Waals surface area contributed by atoms with Crippen LogP contribution in [-0.4, -0.2) is 25.9 Å². The number of aromatic amines is 1. The molecule has 4 N–H and O–H groups in total. The lowest BCUT2D eigenvalue weighted by atomic mass is 10.1. The molecule has 26 heavy (non-hydrogen) atoms. The predicted octanol–water partition coefficient (Wildman–Crippen LogP) is 2.24. The third kappa shape index (κ3) is 3.76. The summed E-state index contributed by atoms with van der Waals surface area (Å²) in [4.78, 5) is 15.4. The lowest BCUT2D eigenvalue weighted by molar-refractivity contribution is 0.0949. The zero-order valence-electron chi connectivity index (χ0n) is 14.0. The van der Waals surface area contributed by atoms with Gasteiger partial charge >= 0.3 is 0 Å². The van der Waals surface area contributed by atoms with Crippen molar-refractivity contribution >= 4 is 26.8 Å². The van der Waals surface area contributed by atoms with Crippen molar-refractivity contribution in [3.8, 4) is 0 Å². The minimum atomic E-state index is -3.71. The number of rotatable bonds is 5. The third-order valence-corrected chi connectivity index (χ3v) is 5.13. The van der Waals surface area contributed by atoms with Crippen LogP contribution in [0.5, 0.6) is 0 Å². The number of aryl methyl sites for hydroxylation is 1. The van der Waals surface area contributed by atoms with Crippen LogP contribution in [0.2, 0.25) is 0 Å². The summed E-state index contributed by atoms with van der Waals surface area (Å²) in [6.45, 7) is 2.17. The summed E-state index contributed by atoms with van der Waals surface area (Å²) in [5.41, 5.74) is 2.60. The Labute approximate surface area is 150 Å². The molecule has 0 fully saturated rings. The highest BCUT2D eigenvalue weighted by Gasteiger charge is 2.15. The van der Waals surface area contributed by atoms with Gasteiger partial charge in [-0.2, -0.15) is 0 Å². The monoisotopic (exact) mass is 375 g/mol. The van der Waals surface area contributed by atoms with Crippen LogP contribution >= 0.6 is 0 Å². The van der Waals surface area contributed by atoms with Crippen molar-refractivity contribution in [2.45, 2.75) is 18.2 Å². The molecule has 0 atom stereocenters. The zero-order chi connectivity index (χ0) is 18.9. The van der Waals surface area contributed by atoms with Gasteiger partial charge in [0.2, 0.25) is 10.0 Å². The van der Waals surface area contributed by atoms with E-state index in [1.54, 1.807) is 25.1 Å². The van der Waals surface area contributed by atoms with Crippen LogP contribution in [-0.2, 0) is 16.4 Å². The number of halogens is 1. The average molecular weight is 375 g/mol. The Bertz CT molecular complexity index is 1070. The Morgan fingerprint density at radius 2 is 1.88 bits per heavy atom. The number of nitrogens with one attached hydrogen (secondary N) is 2. The summed E-state index contributed by atoms with van der Waals surface area (Å²) in [6, 6.07) is 10.5. The number of benzene rings is 2. The Morgan fingerprint density at radius 3 is 2.54 bits per heavy atom. The molecule has 0 saturated heterocycles.